The molecule has 4 aromatic rings. The second kappa shape index (κ2) is 9.45. The van der Waals surface area contributed by atoms with E-state index in [9.17, 15) is 4.79 Å². The molecule has 154 valence electrons. The number of aromatic nitrogens is 4. The largest absolute Gasteiger partial charge is 0.467 e. The van der Waals surface area contributed by atoms with Crippen molar-refractivity contribution < 1.29 is 9.21 Å². The quantitative estimate of drug-likeness (QED) is 0.398. The minimum absolute atomic E-state index is 0.0848. The van der Waals surface area contributed by atoms with Crippen molar-refractivity contribution >= 4 is 34.5 Å². The van der Waals surface area contributed by atoms with Gasteiger partial charge in [0, 0.05) is 11.4 Å². The van der Waals surface area contributed by atoms with Crippen LogP contribution in [0.3, 0.4) is 0 Å². The smallest absolute Gasteiger partial charge is 0.252 e. The number of furan rings is 1. The van der Waals surface area contributed by atoms with Gasteiger partial charge in [0.15, 0.2) is 5.65 Å². The van der Waals surface area contributed by atoms with Crippen LogP contribution in [-0.2, 0) is 13.1 Å². The zero-order valence-electron chi connectivity index (χ0n) is 16.5. The summed E-state index contributed by atoms with van der Waals surface area (Å²) in [5.74, 6) is 2.34. The molecule has 3 aromatic heterocycles. The molecule has 0 saturated heterocycles. The Labute approximate surface area is 178 Å². The lowest BCUT2D eigenvalue weighted by Crippen LogP contribution is -2.28. The summed E-state index contributed by atoms with van der Waals surface area (Å²) in [6.45, 7) is 3.55. The number of amides is 1. The minimum Gasteiger partial charge on any atom is -0.467 e. The molecule has 0 aliphatic rings. The molecule has 9 heteroatoms. The van der Waals surface area contributed by atoms with E-state index in [2.05, 4.69) is 32.6 Å². The van der Waals surface area contributed by atoms with E-state index in [1.54, 1.807) is 28.9 Å². The highest BCUT2D eigenvalue weighted by Gasteiger charge is 2.12. The van der Waals surface area contributed by atoms with Gasteiger partial charge in [-0.25, -0.2) is 14.6 Å². The van der Waals surface area contributed by atoms with Gasteiger partial charge in [-0.3, -0.25) is 4.79 Å². The Hall–Kier alpha value is -3.33. The molecule has 3 heterocycles. The van der Waals surface area contributed by atoms with Crippen molar-refractivity contribution in [2.24, 2.45) is 0 Å². The van der Waals surface area contributed by atoms with Crippen molar-refractivity contribution in [2.75, 3.05) is 17.6 Å². The zero-order chi connectivity index (χ0) is 20.8. The van der Waals surface area contributed by atoms with Crippen LogP contribution in [0.5, 0.6) is 0 Å². The SMILES string of the molecule is CCSc1ccccc1C(=O)NCCn1ncc2c(NCc3ccco3)ncnc21. The van der Waals surface area contributed by atoms with Crippen LogP contribution in [0.2, 0.25) is 0 Å². The summed E-state index contributed by atoms with van der Waals surface area (Å²) >= 11 is 1.66. The number of carbonyl (C=O) groups excluding carboxylic acids is 1. The average molecular weight is 423 g/mol. The lowest BCUT2D eigenvalue weighted by molar-refractivity contribution is 0.0949. The number of fused-ring (bicyclic) bond motifs is 1. The molecule has 0 bridgehead atoms. The van der Waals surface area contributed by atoms with Gasteiger partial charge >= 0.3 is 0 Å². The Kier molecular flexibility index (Phi) is 6.29. The molecular weight excluding hydrogens is 400 g/mol. The molecule has 1 aromatic carbocycles. The van der Waals surface area contributed by atoms with Gasteiger partial charge in [0.1, 0.15) is 17.9 Å². The van der Waals surface area contributed by atoms with Gasteiger partial charge in [-0.15, -0.1) is 11.8 Å². The van der Waals surface area contributed by atoms with Crippen molar-refractivity contribution in [1.29, 1.82) is 0 Å². The maximum absolute atomic E-state index is 12.6. The van der Waals surface area contributed by atoms with Crippen LogP contribution in [0.25, 0.3) is 11.0 Å². The molecule has 0 unspecified atom stereocenters. The topological polar surface area (TPSA) is 97.9 Å². The molecule has 0 atom stereocenters. The van der Waals surface area contributed by atoms with E-state index in [0.717, 1.165) is 21.8 Å². The predicted molar refractivity (Wildman–Crippen MR) is 117 cm³/mol. The highest BCUT2D eigenvalue weighted by Crippen LogP contribution is 2.22. The first-order valence-corrected chi connectivity index (χ1v) is 10.7. The first kappa shape index (κ1) is 20.0. The lowest BCUT2D eigenvalue weighted by atomic mass is 10.2. The highest BCUT2D eigenvalue weighted by molar-refractivity contribution is 7.99. The number of benzene rings is 1. The van der Waals surface area contributed by atoms with Crippen molar-refractivity contribution in [2.45, 2.75) is 24.9 Å². The third-order valence-corrected chi connectivity index (χ3v) is 5.44. The van der Waals surface area contributed by atoms with Crippen LogP contribution in [0, 0.1) is 0 Å². The van der Waals surface area contributed by atoms with Gasteiger partial charge in [-0.1, -0.05) is 19.1 Å². The fraction of sp³-hybridized carbons (Fsp3) is 0.238. The molecule has 30 heavy (non-hydrogen) atoms. The van der Waals surface area contributed by atoms with Gasteiger partial charge in [-0.2, -0.15) is 5.10 Å². The number of nitrogens with one attached hydrogen (secondary N) is 2. The molecule has 0 spiro atoms. The number of thioether (sulfide) groups is 1. The van der Waals surface area contributed by atoms with Crippen molar-refractivity contribution in [3.63, 3.8) is 0 Å². The summed E-state index contributed by atoms with van der Waals surface area (Å²) < 4.78 is 7.11. The number of hydrogen-bond acceptors (Lipinski definition) is 7. The second-order valence-corrected chi connectivity index (χ2v) is 7.75. The summed E-state index contributed by atoms with van der Waals surface area (Å²) in [6.07, 6.45) is 4.87. The molecule has 4 rings (SSSR count). The monoisotopic (exact) mass is 422 g/mol. The fourth-order valence-corrected chi connectivity index (χ4v) is 3.89. The lowest BCUT2D eigenvalue weighted by Gasteiger charge is -2.10. The third-order valence-electron chi connectivity index (χ3n) is 4.48. The van der Waals surface area contributed by atoms with Crippen LogP contribution >= 0.6 is 11.8 Å². The van der Waals surface area contributed by atoms with Crippen molar-refractivity contribution in [3.8, 4) is 0 Å². The number of nitrogens with zero attached hydrogens (tertiary/aromatic N) is 4. The first-order chi connectivity index (χ1) is 14.8. The van der Waals surface area contributed by atoms with E-state index in [1.807, 2.05) is 36.4 Å². The molecule has 8 nitrogen and oxygen atoms in total. The van der Waals surface area contributed by atoms with Crippen LogP contribution in [0.4, 0.5) is 5.82 Å². The zero-order valence-corrected chi connectivity index (χ0v) is 17.4. The summed E-state index contributed by atoms with van der Waals surface area (Å²) in [6, 6.07) is 11.4. The molecule has 0 aliphatic heterocycles. The summed E-state index contributed by atoms with van der Waals surface area (Å²) in [4.78, 5) is 22.2. The van der Waals surface area contributed by atoms with E-state index >= 15 is 0 Å². The fourth-order valence-electron chi connectivity index (χ4n) is 3.09. The molecular formula is C21H22N6O2S. The molecule has 1 amide bonds. The number of hydrogen-bond donors (Lipinski definition) is 2. The number of anilines is 1. The van der Waals surface area contributed by atoms with Gasteiger partial charge in [-0.05, 0) is 30.0 Å². The van der Waals surface area contributed by atoms with Crippen LogP contribution in [-0.4, -0.2) is 38.0 Å². The Morgan fingerprint density at radius 1 is 1.20 bits per heavy atom. The maximum Gasteiger partial charge on any atom is 0.252 e. The van der Waals surface area contributed by atoms with Gasteiger partial charge in [0.25, 0.3) is 5.91 Å². The second-order valence-electron chi connectivity index (χ2n) is 6.45. The molecule has 2 N–H and O–H groups in total. The van der Waals surface area contributed by atoms with E-state index in [-0.39, 0.29) is 5.91 Å². The number of carbonyl (C=O) groups is 1. The van der Waals surface area contributed by atoms with Crippen molar-refractivity contribution in [1.82, 2.24) is 25.1 Å². The molecule has 0 aliphatic carbocycles. The van der Waals surface area contributed by atoms with Gasteiger partial charge < -0.3 is 15.1 Å². The van der Waals surface area contributed by atoms with Gasteiger partial charge in [0.2, 0.25) is 0 Å². The Balaban J connectivity index is 1.40. The van der Waals surface area contributed by atoms with Crippen LogP contribution in [0.15, 0.2) is 64.5 Å². The number of rotatable bonds is 9. The van der Waals surface area contributed by atoms with E-state index in [0.29, 0.717) is 36.7 Å². The summed E-state index contributed by atoms with van der Waals surface area (Å²) in [5, 5.41) is 11.5. The summed E-state index contributed by atoms with van der Waals surface area (Å²) in [7, 11) is 0. The van der Waals surface area contributed by atoms with Crippen LogP contribution < -0.4 is 10.6 Å². The Morgan fingerprint density at radius 3 is 2.93 bits per heavy atom. The normalized spacial score (nSPS) is 11.0. The van der Waals surface area contributed by atoms with E-state index in [1.165, 1.54) is 6.33 Å². The Morgan fingerprint density at radius 2 is 2.10 bits per heavy atom. The van der Waals surface area contributed by atoms with Crippen LogP contribution in [0.1, 0.15) is 23.0 Å². The van der Waals surface area contributed by atoms with E-state index in [4.69, 9.17) is 4.42 Å². The average Bonchev–Trinajstić information content (AvgIpc) is 3.43. The van der Waals surface area contributed by atoms with Gasteiger partial charge in [0.05, 0.1) is 36.5 Å². The standard InChI is InChI=1S/C21H22N6O2S/c1-2-30-18-8-4-3-7-16(18)21(28)22-9-10-27-20-17(13-26-27)19(24-14-25-20)23-12-15-6-5-11-29-15/h3-8,11,13-14H,2,9-10,12H2,1H3,(H,22,28)(H,23,24,25). The summed E-state index contributed by atoms with van der Waals surface area (Å²) in [5.41, 5.74) is 1.41. The first-order valence-electron chi connectivity index (χ1n) is 9.69. The van der Waals surface area contributed by atoms with E-state index < -0.39 is 0 Å². The van der Waals surface area contributed by atoms with Crippen molar-refractivity contribution in [3.05, 3.63) is 66.5 Å². The molecule has 0 radical (unpaired) electrons. The predicted octanol–water partition coefficient (Wildman–Crippen LogP) is 3.57. The third kappa shape index (κ3) is 4.46. The maximum atomic E-state index is 12.6. The molecule has 0 fully saturated rings. The highest BCUT2D eigenvalue weighted by atomic mass is 32.2. The Bertz CT molecular complexity index is 1130. The minimum atomic E-state index is -0.0848. The molecule has 0 saturated carbocycles.